The van der Waals surface area contributed by atoms with E-state index in [1.165, 1.54) is 0 Å². The fourth-order valence-corrected chi connectivity index (χ4v) is 3.06. The fraction of sp³-hybridized carbons (Fsp3) is 0.400. The van der Waals surface area contributed by atoms with Gasteiger partial charge in [-0.25, -0.2) is 0 Å². The number of morpholine rings is 1. The molecule has 2 aromatic rings. The number of rotatable bonds is 8. The number of benzene rings is 1. The first kappa shape index (κ1) is 19.1. The summed E-state index contributed by atoms with van der Waals surface area (Å²) in [6.07, 6.45) is 3.59. The van der Waals surface area contributed by atoms with Crippen molar-refractivity contribution in [1.82, 2.24) is 15.2 Å². The molecule has 0 radical (unpaired) electrons. The average molecular weight is 371 g/mol. The van der Waals surface area contributed by atoms with Crippen molar-refractivity contribution in [1.29, 1.82) is 0 Å². The Bertz CT molecular complexity index is 720. The lowest BCUT2D eigenvalue weighted by Gasteiger charge is -2.34. The number of ether oxygens (including phenoxy) is 3. The Morgan fingerprint density at radius 2 is 2.00 bits per heavy atom. The van der Waals surface area contributed by atoms with E-state index in [2.05, 4.69) is 15.2 Å². The monoisotopic (exact) mass is 371 g/mol. The molecular weight excluding hydrogens is 346 g/mol. The highest BCUT2D eigenvalue weighted by atomic mass is 16.5. The minimum Gasteiger partial charge on any atom is -0.493 e. The van der Waals surface area contributed by atoms with E-state index < -0.39 is 0 Å². The van der Waals surface area contributed by atoms with Crippen molar-refractivity contribution in [2.24, 2.45) is 0 Å². The number of hydrogen-bond donors (Lipinski definition) is 1. The van der Waals surface area contributed by atoms with Crippen LogP contribution in [-0.2, 0) is 9.53 Å². The summed E-state index contributed by atoms with van der Waals surface area (Å²) in [6, 6.07) is 11.3. The van der Waals surface area contributed by atoms with Gasteiger partial charge in [0.25, 0.3) is 5.91 Å². The van der Waals surface area contributed by atoms with Gasteiger partial charge in [-0.2, -0.15) is 0 Å². The molecule has 1 saturated heterocycles. The van der Waals surface area contributed by atoms with Crippen LogP contribution >= 0.6 is 0 Å². The SMILES string of the molecule is COc1ccccc1OCC(=O)NCC(c1cccnc1)N1CCOCC1. The van der Waals surface area contributed by atoms with Gasteiger partial charge >= 0.3 is 0 Å². The fourth-order valence-electron chi connectivity index (χ4n) is 3.06. The van der Waals surface area contributed by atoms with Crippen molar-refractivity contribution in [3.8, 4) is 11.5 Å². The van der Waals surface area contributed by atoms with E-state index in [-0.39, 0.29) is 18.6 Å². The van der Waals surface area contributed by atoms with Gasteiger partial charge in [-0.1, -0.05) is 18.2 Å². The number of para-hydroxylation sites is 2. The van der Waals surface area contributed by atoms with Crippen molar-refractivity contribution < 1.29 is 19.0 Å². The van der Waals surface area contributed by atoms with Gasteiger partial charge in [0.05, 0.1) is 26.4 Å². The van der Waals surface area contributed by atoms with Gasteiger partial charge in [0, 0.05) is 32.0 Å². The van der Waals surface area contributed by atoms with Crippen LogP contribution in [0.1, 0.15) is 11.6 Å². The molecule has 1 atom stereocenters. The van der Waals surface area contributed by atoms with E-state index in [4.69, 9.17) is 14.2 Å². The summed E-state index contributed by atoms with van der Waals surface area (Å²) < 4.78 is 16.3. The number of methoxy groups -OCH3 is 1. The molecule has 2 heterocycles. The van der Waals surface area contributed by atoms with Crippen LogP contribution in [0.3, 0.4) is 0 Å². The Morgan fingerprint density at radius 3 is 2.70 bits per heavy atom. The molecule has 0 bridgehead atoms. The van der Waals surface area contributed by atoms with E-state index in [1.807, 2.05) is 30.5 Å². The second-order valence-electron chi connectivity index (χ2n) is 6.19. The zero-order valence-corrected chi connectivity index (χ0v) is 15.5. The zero-order chi connectivity index (χ0) is 18.9. The molecule has 144 valence electrons. The number of nitrogens with one attached hydrogen (secondary N) is 1. The Kier molecular flexibility index (Phi) is 7.01. The van der Waals surface area contributed by atoms with Crippen molar-refractivity contribution in [3.63, 3.8) is 0 Å². The lowest BCUT2D eigenvalue weighted by molar-refractivity contribution is -0.123. The molecule has 0 aliphatic carbocycles. The molecule has 1 aliphatic rings. The maximum atomic E-state index is 12.3. The van der Waals surface area contributed by atoms with Crippen LogP contribution in [0.15, 0.2) is 48.8 Å². The molecule has 27 heavy (non-hydrogen) atoms. The summed E-state index contributed by atoms with van der Waals surface area (Å²) in [5.41, 5.74) is 1.07. The molecular formula is C20H25N3O4. The smallest absolute Gasteiger partial charge is 0.258 e. The molecule has 1 unspecified atom stereocenters. The van der Waals surface area contributed by atoms with Crippen molar-refractivity contribution in [3.05, 3.63) is 54.4 Å². The van der Waals surface area contributed by atoms with Gasteiger partial charge < -0.3 is 19.5 Å². The molecule has 0 saturated carbocycles. The molecule has 7 nitrogen and oxygen atoms in total. The normalized spacial score (nSPS) is 15.7. The number of carbonyl (C=O) groups is 1. The predicted molar refractivity (Wildman–Crippen MR) is 101 cm³/mol. The summed E-state index contributed by atoms with van der Waals surface area (Å²) in [7, 11) is 1.57. The maximum Gasteiger partial charge on any atom is 0.258 e. The van der Waals surface area contributed by atoms with Crippen LogP contribution in [0.2, 0.25) is 0 Å². The number of amides is 1. The van der Waals surface area contributed by atoms with Crippen LogP contribution < -0.4 is 14.8 Å². The largest absolute Gasteiger partial charge is 0.493 e. The highest BCUT2D eigenvalue weighted by Gasteiger charge is 2.23. The standard InChI is InChI=1S/C20H25N3O4/c1-25-18-6-2-3-7-19(18)27-15-20(24)22-14-17(16-5-4-8-21-13-16)23-9-11-26-12-10-23/h2-8,13,17H,9-12,14-15H2,1H3,(H,22,24). The molecule has 1 amide bonds. The van der Waals surface area contributed by atoms with Crippen molar-refractivity contribution in [2.75, 3.05) is 46.6 Å². The van der Waals surface area contributed by atoms with Gasteiger partial charge in [-0.3, -0.25) is 14.7 Å². The summed E-state index contributed by atoms with van der Waals surface area (Å²) in [6.45, 7) is 3.46. The van der Waals surface area contributed by atoms with Crippen LogP contribution in [0.5, 0.6) is 11.5 Å². The Hall–Kier alpha value is -2.64. The van der Waals surface area contributed by atoms with Crippen LogP contribution in [0.25, 0.3) is 0 Å². The van der Waals surface area contributed by atoms with E-state index >= 15 is 0 Å². The predicted octanol–water partition coefficient (Wildman–Crippen LogP) is 1.66. The molecule has 1 N–H and O–H groups in total. The minimum atomic E-state index is -0.178. The third-order valence-electron chi connectivity index (χ3n) is 4.48. The lowest BCUT2D eigenvalue weighted by Crippen LogP contribution is -2.44. The third-order valence-corrected chi connectivity index (χ3v) is 4.48. The van der Waals surface area contributed by atoms with Gasteiger partial charge in [-0.15, -0.1) is 0 Å². The van der Waals surface area contributed by atoms with E-state index in [0.29, 0.717) is 31.3 Å². The van der Waals surface area contributed by atoms with Crippen LogP contribution in [0, 0.1) is 0 Å². The highest BCUT2D eigenvalue weighted by Crippen LogP contribution is 2.25. The molecule has 1 fully saturated rings. The first-order chi connectivity index (χ1) is 13.3. The molecule has 3 rings (SSSR count). The van der Waals surface area contributed by atoms with E-state index in [0.717, 1.165) is 18.7 Å². The van der Waals surface area contributed by atoms with Crippen LogP contribution in [-0.4, -0.2) is 62.4 Å². The summed E-state index contributed by atoms with van der Waals surface area (Å²) in [5.74, 6) is 0.974. The summed E-state index contributed by atoms with van der Waals surface area (Å²) >= 11 is 0. The molecule has 1 aliphatic heterocycles. The Balaban J connectivity index is 1.57. The third kappa shape index (κ3) is 5.42. The molecule has 1 aromatic heterocycles. The lowest BCUT2D eigenvalue weighted by atomic mass is 10.1. The Morgan fingerprint density at radius 1 is 1.22 bits per heavy atom. The van der Waals surface area contributed by atoms with Crippen LogP contribution in [0.4, 0.5) is 0 Å². The summed E-state index contributed by atoms with van der Waals surface area (Å²) in [4.78, 5) is 18.8. The number of hydrogen-bond acceptors (Lipinski definition) is 6. The maximum absolute atomic E-state index is 12.3. The number of aromatic nitrogens is 1. The average Bonchev–Trinajstić information content (AvgIpc) is 2.74. The summed E-state index contributed by atoms with van der Waals surface area (Å²) in [5, 5.41) is 2.97. The van der Waals surface area contributed by atoms with Gasteiger partial charge in [-0.05, 0) is 23.8 Å². The number of carbonyl (C=O) groups excluding carboxylic acids is 1. The van der Waals surface area contributed by atoms with E-state index in [9.17, 15) is 4.79 Å². The topological polar surface area (TPSA) is 72.9 Å². The van der Waals surface area contributed by atoms with Gasteiger partial charge in [0.2, 0.25) is 0 Å². The first-order valence-electron chi connectivity index (χ1n) is 9.02. The van der Waals surface area contributed by atoms with Gasteiger partial charge in [0.1, 0.15) is 0 Å². The molecule has 0 spiro atoms. The highest BCUT2D eigenvalue weighted by molar-refractivity contribution is 5.77. The quantitative estimate of drug-likeness (QED) is 0.761. The van der Waals surface area contributed by atoms with Crippen molar-refractivity contribution >= 4 is 5.91 Å². The van der Waals surface area contributed by atoms with Crippen molar-refractivity contribution in [2.45, 2.75) is 6.04 Å². The minimum absolute atomic E-state index is 0.0535. The van der Waals surface area contributed by atoms with Gasteiger partial charge in [0.15, 0.2) is 18.1 Å². The molecule has 7 heteroatoms. The zero-order valence-electron chi connectivity index (χ0n) is 15.5. The molecule has 1 aromatic carbocycles. The Labute approximate surface area is 159 Å². The first-order valence-corrected chi connectivity index (χ1v) is 9.02. The second-order valence-corrected chi connectivity index (χ2v) is 6.19. The number of nitrogens with zero attached hydrogens (tertiary/aromatic N) is 2. The second kappa shape index (κ2) is 9.89. The number of pyridine rings is 1. The van der Waals surface area contributed by atoms with E-state index in [1.54, 1.807) is 25.4 Å².